The third kappa shape index (κ3) is 2.86. The minimum atomic E-state index is -0.00311. The van der Waals surface area contributed by atoms with Gasteiger partial charge in [0.25, 0.3) is 5.91 Å². The van der Waals surface area contributed by atoms with Crippen molar-refractivity contribution in [2.45, 2.75) is 13.0 Å². The fraction of sp³-hybridized carbons (Fsp3) is 0.381. The van der Waals surface area contributed by atoms with E-state index in [2.05, 4.69) is 15.3 Å². The monoisotopic (exact) mass is 408 g/mol. The van der Waals surface area contributed by atoms with Crippen LogP contribution >= 0.6 is 11.3 Å². The Hall–Kier alpha value is -2.71. The van der Waals surface area contributed by atoms with E-state index >= 15 is 0 Å². The number of rotatable bonds is 3. The van der Waals surface area contributed by atoms with Crippen LogP contribution in [0.5, 0.6) is 0 Å². The van der Waals surface area contributed by atoms with E-state index in [9.17, 15) is 9.59 Å². The number of hydrogen-bond acceptors (Lipinski definition) is 5. The van der Waals surface area contributed by atoms with Crippen LogP contribution in [0.2, 0.25) is 0 Å². The van der Waals surface area contributed by atoms with Crippen molar-refractivity contribution in [3.8, 4) is 0 Å². The van der Waals surface area contributed by atoms with Gasteiger partial charge in [-0.15, -0.1) is 0 Å². The summed E-state index contributed by atoms with van der Waals surface area (Å²) in [6.45, 7) is 2.55. The highest BCUT2D eigenvalue weighted by atomic mass is 32.1. The molecule has 0 bridgehead atoms. The molecule has 148 valence electrons. The number of nitrogens with one attached hydrogen (secondary N) is 2. The van der Waals surface area contributed by atoms with Crippen LogP contribution in [0.3, 0.4) is 0 Å². The van der Waals surface area contributed by atoms with E-state index in [1.54, 1.807) is 0 Å². The fourth-order valence-corrected chi connectivity index (χ4v) is 5.63. The number of benzene rings is 1. The van der Waals surface area contributed by atoms with Crippen molar-refractivity contribution >= 4 is 39.2 Å². The van der Waals surface area contributed by atoms with Gasteiger partial charge in [-0.25, -0.2) is 4.98 Å². The van der Waals surface area contributed by atoms with Crippen LogP contribution in [0.1, 0.15) is 21.1 Å². The van der Waals surface area contributed by atoms with Crippen molar-refractivity contribution in [3.05, 3.63) is 46.6 Å². The molecule has 2 amide bonds. The third-order valence-electron chi connectivity index (χ3n) is 6.26. The number of carbonyl (C=O) groups is 2. The second-order valence-corrected chi connectivity index (χ2v) is 9.10. The average Bonchev–Trinajstić information content (AvgIpc) is 3.15. The van der Waals surface area contributed by atoms with Gasteiger partial charge in [0.2, 0.25) is 5.91 Å². The molecule has 29 heavy (non-hydrogen) atoms. The van der Waals surface area contributed by atoms with Crippen LogP contribution in [0, 0.1) is 17.8 Å². The van der Waals surface area contributed by atoms with Gasteiger partial charge < -0.3 is 19.9 Å². The molecule has 1 saturated heterocycles. The first-order valence-corrected chi connectivity index (χ1v) is 10.7. The molecule has 2 aromatic heterocycles. The smallest absolute Gasteiger partial charge is 0.270 e. The molecule has 6 rings (SSSR count). The standard InChI is InChI=1S/C21H20N4O3S/c26-19(18-12-9-28-10-13(12)18)24-21-23-15-5-6-25(8-17(15)29-21)20(27)16-7-11-3-1-2-4-14(11)22-16/h1-4,7,12-13,18,22H,5-6,8-10H2,(H,23,24,26)/t12-,13+,18-. The summed E-state index contributed by atoms with van der Waals surface area (Å²) >= 11 is 1.48. The Kier molecular flexibility index (Phi) is 3.79. The maximum Gasteiger partial charge on any atom is 0.270 e. The predicted octanol–water partition coefficient (Wildman–Crippen LogP) is 2.65. The summed E-state index contributed by atoms with van der Waals surface area (Å²) in [6.07, 6.45) is 0.705. The molecule has 4 heterocycles. The lowest BCUT2D eigenvalue weighted by molar-refractivity contribution is -0.118. The van der Waals surface area contributed by atoms with Gasteiger partial charge in [0, 0.05) is 34.7 Å². The minimum Gasteiger partial charge on any atom is -0.381 e. The Balaban J connectivity index is 1.16. The number of anilines is 1. The maximum atomic E-state index is 13.0. The summed E-state index contributed by atoms with van der Waals surface area (Å²) in [7, 11) is 0. The highest BCUT2D eigenvalue weighted by Crippen LogP contribution is 2.51. The number of amides is 2. The zero-order valence-corrected chi connectivity index (χ0v) is 16.5. The van der Waals surface area contributed by atoms with E-state index in [0.717, 1.165) is 21.5 Å². The van der Waals surface area contributed by atoms with Gasteiger partial charge in [0.15, 0.2) is 5.13 Å². The zero-order chi connectivity index (χ0) is 19.5. The Morgan fingerprint density at radius 2 is 2.07 bits per heavy atom. The zero-order valence-electron chi connectivity index (χ0n) is 15.7. The topological polar surface area (TPSA) is 87.3 Å². The van der Waals surface area contributed by atoms with E-state index < -0.39 is 0 Å². The van der Waals surface area contributed by atoms with E-state index in [-0.39, 0.29) is 17.7 Å². The molecule has 2 N–H and O–H groups in total. The number of H-pyrrole nitrogens is 1. The van der Waals surface area contributed by atoms with Gasteiger partial charge in [0.1, 0.15) is 5.69 Å². The molecule has 2 aliphatic heterocycles. The van der Waals surface area contributed by atoms with Crippen LogP contribution in [0.15, 0.2) is 30.3 Å². The van der Waals surface area contributed by atoms with Crippen LogP contribution in [0.4, 0.5) is 5.13 Å². The molecule has 1 aliphatic carbocycles. The number of aromatic amines is 1. The lowest BCUT2D eigenvalue weighted by Crippen LogP contribution is -2.35. The molecule has 2 fully saturated rings. The first kappa shape index (κ1) is 17.2. The second-order valence-electron chi connectivity index (χ2n) is 8.02. The van der Waals surface area contributed by atoms with Gasteiger partial charge in [-0.2, -0.15) is 0 Å². The van der Waals surface area contributed by atoms with Crippen molar-refractivity contribution in [1.29, 1.82) is 0 Å². The summed E-state index contributed by atoms with van der Waals surface area (Å²) in [6, 6.07) is 9.79. The molecule has 0 radical (unpaired) electrons. The molecule has 3 atom stereocenters. The summed E-state index contributed by atoms with van der Waals surface area (Å²) in [5.74, 6) is 0.893. The quantitative estimate of drug-likeness (QED) is 0.698. The Morgan fingerprint density at radius 3 is 2.90 bits per heavy atom. The Morgan fingerprint density at radius 1 is 1.24 bits per heavy atom. The lowest BCUT2D eigenvalue weighted by atomic mass is 10.1. The summed E-state index contributed by atoms with van der Waals surface area (Å²) < 4.78 is 5.36. The van der Waals surface area contributed by atoms with Crippen LogP contribution in [0.25, 0.3) is 10.9 Å². The summed E-state index contributed by atoms with van der Waals surface area (Å²) in [5, 5.41) is 4.66. The Bertz CT molecular complexity index is 1090. The van der Waals surface area contributed by atoms with E-state index in [0.29, 0.717) is 55.4 Å². The van der Waals surface area contributed by atoms with Crippen molar-refractivity contribution in [1.82, 2.24) is 14.9 Å². The first-order valence-electron chi connectivity index (χ1n) is 9.91. The predicted molar refractivity (Wildman–Crippen MR) is 109 cm³/mol. The molecule has 3 aliphatic rings. The Labute approximate surface area is 171 Å². The number of ether oxygens (including phenoxy) is 1. The van der Waals surface area contributed by atoms with Gasteiger partial charge in [0.05, 0.1) is 25.5 Å². The highest BCUT2D eigenvalue weighted by molar-refractivity contribution is 7.15. The fourth-order valence-electron chi connectivity index (χ4n) is 4.60. The van der Waals surface area contributed by atoms with Gasteiger partial charge in [-0.1, -0.05) is 29.5 Å². The van der Waals surface area contributed by atoms with Crippen LogP contribution in [-0.2, 0) is 22.5 Å². The molecule has 1 aromatic carbocycles. The van der Waals surface area contributed by atoms with Crippen LogP contribution in [-0.4, -0.2) is 46.4 Å². The van der Waals surface area contributed by atoms with Crippen molar-refractivity contribution in [3.63, 3.8) is 0 Å². The summed E-state index contributed by atoms with van der Waals surface area (Å²) in [5.41, 5.74) is 2.56. The number of aromatic nitrogens is 2. The number of para-hydroxylation sites is 1. The van der Waals surface area contributed by atoms with Gasteiger partial charge in [-0.05, 0) is 24.0 Å². The molecule has 0 unspecified atom stereocenters. The number of fused-ring (bicyclic) bond motifs is 3. The molecule has 0 spiro atoms. The normalized spacial score (nSPS) is 25.0. The van der Waals surface area contributed by atoms with Crippen LogP contribution < -0.4 is 5.32 Å². The molecule has 1 saturated carbocycles. The van der Waals surface area contributed by atoms with Crippen molar-refractivity contribution in [2.24, 2.45) is 17.8 Å². The average molecular weight is 408 g/mol. The van der Waals surface area contributed by atoms with Crippen molar-refractivity contribution < 1.29 is 14.3 Å². The molecular formula is C21H20N4O3S. The molecule has 8 heteroatoms. The lowest BCUT2D eigenvalue weighted by Gasteiger charge is -2.25. The van der Waals surface area contributed by atoms with Gasteiger partial charge in [-0.3, -0.25) is 9.59 Å². The third-order valence-corrected chi connectivity index (χ3v) is 7.26. The highest BCUT2D eigenvalue weighted by Gasteiger charge is 2.58. The molecule has 7 nitrogen and oxygen atoms in total. The molecular weight excluding hydrogens is 388 g/mol. The van der Waals surface area contributed by atoms with E-state index in [1.165, 1.54) is 11.3 Å². The number of hydrogen-bond donors (Lipinski definition) is 2. The largest absolute Gasteiger partial charge is 0.381 e. The van der Waals surface area contributed by atoms with Crippen molar-refractivity contribution in [2.75, 3.05) is 25.1 Å². The van der Waals surface area contributed by atoms with Gasteiger partial charge >= 0.3 is 0 Å². The van der Waals surface area contributed by atoms with E-state index in [1.807, 2.05) is 35.2 Å². The minimum absolute atomic E-state index is 0.00311. The number of nitrogens with zero attached hydrogens (tertiary/aromatic N) is 2. The SMILES string of the molecule is O=C(Nc1nc2c(s1)CN(C(=O)c1cc3ccccc3[nH]1)CC2)[C@@H]1[C@@H]2COC[C@@H]21. The number of carbonyl (C=O) groups excluding carboxylic acids is 2. The van der Waals surface area contributed by atoms with E-state index in [4.69, 9.17) is 4.74 Å². The molecule has 3 aromatic rings. The number of thiazole rings is 1. The summed E-state index contributed by atoms with van der Waals surface area (Å²) in [4.78, 5) is 36.2. The second kappa shape index (κ2) is 6.40. The maximum absolute atomic E-state index is 13.0. The first-order chi connectivity index (χ1) is 14.2.